The van der Waals surface area contributed by atoms with Gasteiger partial charge in [0, 0.05) is 25.2 Å². The van der Waals surface area contributed by atoms with Gasteiger partial charge in [-0.3, -0.25) is 0 Å². The van der Waals surface area contributed by atoms with Crippen molar-refractivity contribution in [1.29, 1.82) is 0 Å². The third-order valence-electron chi connectivity index (χ3n) is 4.92. The Bertz CT molecular complexity index is 1020. The zero-order valence-electron chi connectivity index (χ0n) is 13.3. The third-order valence-corrected chi connectivity index (χ3v) is 6.94. The van der Waals surface area contributed by atoms with E-state index in [-0.39, 0.29) is 12.1 Å². The Labute approximate surface area is 144 Å². The summed E-state index contributed by atoms with van der Waals surface area (Å²) in [4.78, 5) is 2.50. The Morgan fingerprint density at radius 1 is 1.00 bits per heavy atom. The molecule has 0 radical (unpaired) electrons. The van der Waals surface area contributed by atoms with Crippen LogP contribution in [0.25, 0.3) is 5.65 Å². The molecule has 0 N–H and O–H groups in total. The second-order valence-corrected chi connectivity index (χ2v) is 8.26. The van der Waals surface area contributed by atoms with Crippen LogP contribution in [0.15, 0.2) is 53.7 Å². The fourth-order valence-electron chi connectivity index (χ4n) is 3.76. The lowest BCUT2D eigenvalue weighted by Crippen LogP contribution is -2.70. The molecule has 5 heterocycles. The summed E-state index contributed by atoms with van der Waals surface area (Å²) in [7, 11) is -3.43. The molecule has 3 aliphatic heterocycles. The van der Waals surface area contributed by atoms with E-state index in [2.05, 4.69) is 20.2 Å². The Kier molecular flexibility index (Phi) is 3.10. The molecule has 3 saturated heterocycles. The zero-order valence-corrected chi connectivity index (χ0v) is 14.1. The quantitative estimate of drug-likeness (QED) is 0.689. The van der Waals surface area contributed by atoms with E-state index in [1.165, 1.54) is 0 Å². The number of sulfonamides is 1. The molecule has 6 rings (SSSR count). The Morgan fingerprint density at radius 3 is 2.52 bits per heavy atom. The number of rotatable bonds is 3. The summed E-state index contributed by atoms with van der Waals surface area (Å²) in [5.41, 5.74) is 0.694. The molecular weight excluding hydrogens is 340 g/mol. The number of hydrogen-bond acceptors (Lipinski definition) is 6. The lowest BCUT2D eigenvalue weighted by Gasteiger charge is -2.55. The number of nitrogens with zero attached hydrogens (tertiary/aromatic N) is 6. The highest BCUT2D eigenvalue weighted by Gasteiger charge is 2.51. The summed E-state index contributed by atoms with van der Waals surface area (Å²) < 4.78 is 29.1. The average molecular weight is 356 g/mol. The van der Waals surface area contributed by atoms with Crippen molar-refractivity contribution in [3.8, 4) is 0 Å². The predicted molar refractivity (Wildman–Crippen MR) is 90.7 cm³/mol. The van der Waals surface area contributed by atoms with Gasteiger partial charge in [-0.25, -0.2) is 8.42 Å². The van der Waals surface area contributed by atoms with Crippen molar-refractivity contribution in [1.82, 2.24) is 24.1 Å². The number of piperidine rings is 1. The average Bonchev–Trinajstić information content (AvgIpc) is 3.10. The second kappa shape index (κ2) is 5.24. The largest absolute Gasteiger partial charge is 0.352 e. The maximum atomic E-state index is 12.9. The van der Waals surface area contributed by atoms with Gasteiger partial charge in [0.1, 0.15) is 12.1 Å². The number of anilines is 1. The molecule has 3 aromatic rings. The molecule has 0 amide bonds. The molecule has 3 fully saturated rings. The van der Waals surface area contributed by atoms with E-state index in [9.17, 15) is 8.42 Å². The number of fused-ring (bicyclic) bond motifs is 3. The molecule has 0 aliphatic carbocycles. The van der Waals surface area contributed by atoms with Crippen molar-refractivity contribution in [2.24, 2.45) is 0 Å². The van der Waals surface area contributed by atoms with Gasteiger partial charge in [-0.2, -0.15) is 8.82 Å². The molecule has 0 spiro atoms. The summed E-state index contributed by atoms with van der Waals surface area (Å²) in [6, 6.07) is 12.4. The minimum atomic E-state index is -3.43. The van der Waals surface area contributed by atoms with E-state index < -0.39 is 10.0 Å². The molecule has 9 heteroatoms. The monoisotopic (exact) mass is 356 g/mol. The lowest BCUT2D eigenvalue weighted by atomic mass is 9.91. The Hall–Kier alpha value is -2.52. The normalized spacial score (nSPS) is 23.6. The molecule has 8 nitrogen and oxygen atoms in total. The summed E-state index contributed by atoms with van der Waals surface area (Å²) in [6.07, 6.45) is 2.47. The fraction of sp³-hybridized carbons (Fsp3) is 0.312. The van der Waals surface area contributed by atoms with Crippen molar-refractivity contribution in [3.63, 3.8) is 0 Å². The van der Waals surface area contributed by atoms with Gasteiger partial charge in [0.2, 0.25) is 10.0 Å². The van der Waals surface area contributed by atoms with E-state index in [1.807, 2.05) is 18.2 Å². The Balaban J connectivity index is 1.40. The predicted octanol–water partition coefficient (Wildman–Crippen LogP) is 0.776. The lowest BCUT2D eigenvalue weighted by molar-refractivity contribution is 0.0873. The summed E-state index contributed by atoms with van der Waals surface area (Å²) >= 11 is 0. The molecule has 3 aliphatic rings. The van der Waals surface area contributed by atoms with E-state index in [0.717, 1.165) is 12.2 Å². The zero-order chi connectivity index (χ0) is 17.0. The van der Waals surface area contributed by atoms with Crippen LogP contribution >= 0.6 is 0 Å². The van der Waals surface area contributed by atoms with Crippen molar-refractivity contribution in [3.05, 3.63) is 48.8 Å². The topological polar surface area (TPSA) is 83.7 Å². The van der Waals surface area contributed by atoms with Gasteiger partial charge in [-0.1, -0.05) is 18.2 Å². The highest BCUT2D eigenvalue weighted by atomic mass is 32.2. The molecule has 25 heavy (non-hydrogen) atoms. The van der Waals surface area contributed by atoms with E-state index in [0.29, 0.717) is 23.6 Å². The first-order valence-electron chi connectivity index (χ1n) is 8.13. The van der Waals surface area contributed by atoms with Gasteiger partial charge in [-0.15, -0.1) is 15.3 Å². The Morgan fingerprint density at radius 2 is 1.76 bits per heavy atom. The van der Waals surface area contributed by atoms with Crippen LogP contribution in [-0.4, -0.2) is 57.7 Å². The van der Waals surface area contributed by atoms with Crippen molar-refractivity contribution in [2.75, 3.05) is 18.0 Å². The first-order valence-corrected chi connectivity index (χ1v) is 9.57. The maximum Gasteiger partial charge on any atom is 0.243 e. The fourth-order valence-corrected chi connectivity index (χ4v) is 5.59. The second-order valence-electron chi connectivity index (χ2n) is 6.42. The van der Waals surface area contributed by atoms with Crippen molar-refractivity contribution < 1.29 is 8.42 Å². The van der Waals surface area contributed by atoms with E-state index >= 15 is 0 Å². The molecule has 2 aromatic heterocycles. The molecule has 2 unspecified atom stereocenters. The molecule has 2 atom stereocenters. The summed E-state index contributed by atoms with van der Waals surface area (Å²) in [5.74, 6) is 0.818. The molecule has 128 valence electrons. The van der Waals surface area contributed by atoms with Crippen LogP contribution in [0.3, 0.4) is 0 Å². The van der Waals surface area contributed by atoms with Crippen LogP contribution in [0.1, 0.15) is 6.42 Å². The van der Waals surface area contributed by atoms with Gasteiger partial charge in [0.15, 0.2) is 5.65 Å². The number of benzene rings is 1. The van der Waals surface area contributed by atoms with Gasteiger partial charge in [0.05, 0.1) is 4.90 Å². The van der Waals surface area contributed by atoms with Gasteiger partial charge in [0.25, 0.3) is 0 Å². The van der Waals surface area contributed by atoms with Gasteiger partial charge < -0.3 is 4.90 Å². The van der Waals surface area contributed by atoms with Crippen LogP contribution in [-0.2, 0) is 10.0 Å². The van der Waals surface area contributed by atoms with Gasteiger partial charge in [-0.05, 0) is 30.7 Å². The first kappa shape index (κ1) is 14.8. The number of piperazine rings is 1. The van der Waals surface area contributed by atoms with Gasteiger partial charge >= 0.3 is 0 Å². The van der Waals surface area contributed by atoms with Crippen LogP contribution in [0.2, 0.25) is 0 Å². The summed E-state index contributed by atoms with van der Waals surface area (Å²) in [5, 5.41) is 12.3. The standard InChI is InChI=1S/C16H16N6O2S/c23-25(24,14-4-2-1-3-5-14)22-12-8-13(22)10-20(9-12)16-7-6-15-18-17-11-21(15)19-16/h1-7,11-13H,8-10H2. The van der Waals surface area contributed by atoms with Crippen molar-refractivity contribution >= 4 is 21.5 Å². The maximum absolute atomic E-state index is 12.9. The third kappa shape index (κ3) is 2.23. The SMILES string of the molecule is O=S(=O)(c1ccccc1)N1C2CC1CN(c1ccc3nncn3n1)C2. The number of hydrogen-bond donors (Lipinski definition) is 0. The first-order chi connectivity index (χ1) is 12.1. The molecular formula is C16H16N6O2S. The van der Waals surface area contributed by atoms with E-state index in [1.54, 1.807) is 39.4 Å². The minimum absolute atomic E-state index is 0.0117. The van der Waals surface area contributed by atoms with Crippen LogP contribution in [0, 0.1) is 0 Å². The van der Waals surface area contributed by atoms with E-state index in [4.69, 9.17) is 0 Å². The minimum Gasteiger partial charge on any atom is -0.352 e. The smallest absolute Gasteiger partial charge is 0.243 e. The highest BCUT2D eigenvalue weighted by molar-refractivity contribution is 7.89. The highest BCUT2D eigenvalue weighted by Crippen LogP contribution is 2.38. The molecule has 0 saturated carbocycles. The van der Waals surface area contributed by atoms with Crippen LogP contribution < -0.4 is 4.90 Å². The van der Waals surface area contributed by atoms with Crippen LogP contribution in [0.5, 0.6) is 0 Å². The van der Waals surface area contributed by atoms with Crippen molar-refractivity contribution in [2.45, 2.75) is 23.4 Å². The molecule has 2 bridgehead atoms. The number of aromatic nitrogens is 4. The molecule has 1 aromatic carbocycles. The summed E-state index contributed by atoms with van der Waals surface area (Å²) in [6.45, 7) is 1.28. The van der Waals surface area contributed by atoms with Crippen LogP contribution in [0.4, 0.5) is 5.82 Å².